The molecule has 8 nitrogen and oxygen atoms in total. The molecular weight excluding hydrogens is 384 g/mol. The summed E-state index contributed by atoms with van der Waals surface area (Å²) in [6.07, 6.45) is 4.03. The fourth-order valence-corrected chi connectivity index (χ4v) is 4.07. The second-order valence-electron chi connectivity index (χ2n) is 5.02. The molecule has 0 N–H and O–H groups in total. The van der Waals surface area contributed by atoms with E-state index in [4.69, 9.17) is 15.8 Å². The zero-order chi connectivity index (χ0) is 19.6. The minimum atomic E-state index is -0.654. The van der Waals surface area contributed by atoms with Crippen LogP contribution in [0.3, 0.4) is 0 Å². The van der Waals surface area contributed by atoms with Crippen molar-refractivity contribution in [3.8, 4) is 9.75 Å². The number of carbonyl (C=O) groups is 1. The average molecular weight is 400 g/mol. The van der Waals surface area contributed by atoms with Gasteiger partial charge in [-0.3, -0.25) is 0 Å². The van der Waals surface area contributed by atoms with Crippen LogP contribution in [-0.2, 0) is 9.53 Å². The molecule has 10 heteroatoms. The number of hydrogen-bond donors (Lipinski definition) is 0. The monoisotopic (exact) mass is 400 g/mol. The number of carbonyl (C=O) groups excluding carboxylic acids is 1. The molecule has 0 fully saturated rings. The minimum Gasteiger partial charge on any atom is -0.462 e. The van der Waals surface area contributed by atoms with Gasteiger partial charge in [0.05, 0.1) is 6.61 Å². The first-order valence-corrected chi connectivity index (χ1v) is 9.64. The third-order valence-corrected chi connectivity index (χ3v) is 5.52. The fourth-order valence-electron chi connectivity index (χ4n) is 2.07. The minimum absolute atomic E-state index is 0.0792. The molecule has 0 radical (unpaired) electrons. The summed E-state index contributed by atoms with van der Waals surface area (Å²) < 4.78 is 4.88. The Hall–Kier alpha value is -3.03. The van der Waals surface area contributed by atoms with E-state index in [2.05, 4.69) is 20.1 Å². The topological polar surface area (TPSA) is 124 Å². The summed E-state index contributed by atoms with van der Waals surface area (Å²) in [5.41, 5.74) is 17.8. The highest BCUT2D eigenvalue weighted by Crippen LogP contribution is 2.35. The van der Waals surface area contributed by atoms with Crippen molar-refractivity contribution in [2.75, 3.05) is 6.61 Å². The van der Waals surface area contributed by atoms with Gasteiger partial charge in [0.25, 0.3) is 0 Å². The van der Waals surface area contributed by atoms with Crippen molar-refractivity contribution in [1.82, 2.24) is 0 Å². The highest BCUT2D eigenvalue weighted by atomic mass is 32.1. The van der Waals surface area contributed by atoms with Crippen LogP contribution in [0.2, 0.25) is 0 Å². The van der Waals surface area contributed by atoms with E-state index < -0.39 is 5.97 Å². The van der Waals surface area contributed by atoms with E-state index in [1.54, 1.807) is 18.3 Å². The number of thiophene rings is 2. The molecule has 0 spiro atoms. The maximum Gasteiger partial charge on any atom is 0.340 e. The normalized spacial score (nSPS) is 11.5. The van der Waals surface area contributed by atoms with Crippen LogP contribution in [0.1, 0.15) is 30.0 Å². The highest BCUT2D eigenvalue weighted by molar-refractivity contribution is 7.22. The van der Waals surface area contributed by atoms with E-state index in [1.807, 2.05) is 37.3 Å². The van der Waals surface area contributed by atoms with Gasteiger partial charge in [-0.15, -0.1) is 22.7 Å². The van der Waals surface area contributed by atoms with Crippen molar-refractivity contribution in [3.05, 3.63) is 66.3 Å². The van der Waals surface area contributed by atoms with Crippen molar-refractivity contribution in [2.24, 2.45) is 10.2 Å². The first-order chi connectivity index (χ1) is 13.1. The van der Waals surface area contributed by atoms with Gasteiger partial charge in [0.2, 0.25) is 0 Å². The summed E-state index contributed by atoms with van der Waals surface area (Å²) in [7, 11) is 0. The SMILES string of the molecule is CCOC(=O)/C(=C/c1ccc(-c2ccc(/C=C(/CC)N=[N+]=[N-])s2)s1)N=[N+]=[N-]. The van der Waals surface area contributed by atoms with Crippen molar-refractivity contribution in [1.29, 1.82) is 0 Å². The Morgan fingerprint density at radius 2 is 1.63 bits per heavy atom. The van der Waals surface area contributed by atoms with Gasteiger partial charge in [-0.2, -0.15) is 0 Å². The summed E-state index contributed by atoms with van der Waals surface area (Å²) >= 11 is 3.03. The maximum atomic E-state index is 11.8. The lowest BCUT2D eigenvalue weighted by Crippen LogP contribution is -2.05. The van der Waals surface area contributed by atoms with Gasteiger partial charge in [0, 0.05) is 35.0 Å². The van der Waals surface area contributed by atoms with Crippen molar-refractivity contribution in [3.63, 3.8) is 0 Å². The van der Waals surface area contributed by atoms with Crippen LogP contribution in [0.15, 0.2) is 45.9 Å². The standard InChI is InChI=1S/C17H16N6O2S2/c1-3-11(20-22-18)9-12-5-7-15(26-12)16-8-6-13(27-16)10-14(21-23-19)17(24)25-4-2/h5-10H,3-4H2,1-2H3/b11-9-,14-10-. The first-order valence-electron chi connectivity index (χ1n) is 8.00. The van der Waals surface area contributed by atoms with Gasteiger partial charge in [0.15, 0.2) is 0 Å². The summed E-state index contributed by atoms with van der Waals surface area (Å²) in [6, 6.07) is 7.72. The van der Waals surface area contributed by atoms with Crippen LogP contribution in [0.5, 0.6) is 0 Å². The van der Waals surface area contributed by atoms with Crippen molar-refractivity contribution >= 4 is 40.8 Å². The van der Waals surface area contributed by atoms with Gasteiger partial charge in [-0.25, -0.2) is 4.79 Å². The largest absolute Gasteiger partial charge is 0.462 e. The predicted octanol–water partition coefficient (Wildman–Crippen LogP) is 6.75. The van der Waals surface area contributed by atoms with E-state index >= 15 is 0 Å². The Morgan fingerprint density at radius 3 is 2.15 bits per heavy atom. The van der Waals surface area contributed by atoms with E-state index in [-0.39, 0.29) is 12.3 Å². The molecule has 27 heavy (non-hydrogen) atoms. The van der Waals surface area contributed by atoms with Gasteiger partial charge in [-0.05, 0) is 60.8 Å². The van der Waals surface area contributed by atoms with Gasteiger partial charge in [-0.1, -0.05) is 17.2 Å². The maximum absolute atomic E-state index is 11.8. The molecule has 138 valence electrons. The number of esters is 1. The average Bonchev–Trinajstić information content (AvgIpc) is 3.30. The lowest BCUT2D eigenvalue weighted by molar-refractivity contribution is -0.138. The third-order valence-electron chi connectivity index (χ3n) is 3.26. The highest BCUT2D eigenvalue weighted by Gasteiger charge is 2.11. The predicted molar refractivity (Wildman–Crippen MR) is 109 cm³/mol. The smallest absolute Gasteiger partial charge is 0.340 e. The quantitative estimate of drug-likeness (QED) is 0.160. The molecule has 0 aromatic carbocycles. The molecule has 2 aromatic heterocycles. The van der Waals surface area contributed by atoms with Gasteiger partial charge in [0.1, 0.15) is 5.70 Å². The molecule has 2 rings (SSSR count). The Labute approximate surface area is 163 Å². The summed E-state index contributed by atoms with van der Waals surface area (Å²) in [6.45, 7) is 3.81. The lowest BCUT2D eigenvalue weighted by Gasteiger charge is -1.99. The zero-order valence-corrected chi connectivity index (χ0v) is 16.3. The van der Waals surface area contributed by atoms with Crippen LogP contribution in [0.4, 0.5) is 0 Å². The molecule has 0 aliphatic carbocycles. The number of azide groups is 2. The number of ether oxygens (including phenoxy) is 1. The molecule has 0 amide bonds. The molecule has 0 atom stereocenters. The van der Waals surface area contributed by atoms with Crippen LogP contribution >= 0.6 is 22.7 Å². The Morgan fingerprint density at radius 1 is 1.04 bits per heavy atom. The number of nitrogens with zero attached hydrogens (tertiary/aromatic N) is 6. The Balaban J connectivity index is 2.27. The second-order valence-corrected chi connectivity index (χ2v) is 7.25. The molecule has 0 aliphatic heterocycles. The van der Waals surface area contributed by atoms with Crippen molar-refractivity contribution < 1.29 is 9.53 Å². The van der Waals surface area contributed by atoms with E-state index in [0.717, 1.165) is 19.5 Å². The van der Waals surface area contributed by atoms with Crippen LogP contribution in [0.25, 0.3) is 42.8 Å². The van der Waals surface area contributed by atoms with Crippen LogP contribution in [-0.4, -0.2) is 12.6 Å². The molecule has 2 heterocycles. The molecule has 0 unspecified atom stereocenters. The Kier molecular flexibility index (Phi) is 7.66. The molecule has 2 aromatic rings. The van der Waals surface area contributed by atoms with Crippen molar-refractivity contribution in [2.45, 2.75) is 20.3 Å². The van der Waals surface area contributed by atoms with Crippen LogP contribution in [0, 0.1) is 0 Å². The lowest BCUT2D eigenvalue weighted by atomic mass is 10.3. The summed E-state index contributed by atoms with van der Waals surface area (Å²) in [5.74, 6) is -0.654. The van der Waals surface area contributed by atoms with Gasteiger partial charge < -0.3 is 4.74 Å². The number of rotatable bonds is 8. The second kappa shape index (κ2) is 10.2. The molecular formula is C17H16N6O2S2. The summed E-state index contributed by atoms with van der Waals surface area (Å²) in [5, 5.41) is 7.08. The van der Waals surface area contributed by atoms with E-state index in [1.165, 1.54) is 17.4 Å². The van der Waals surface area contributed by atoms with E-state index in [0.29, 0.717) is 12.1 Å². The molecule has 0 saturated carbocycles. The summed E-state index contributed by atoms with van der Waals surface area (Å²) in [4.78, 5) is 21.1. The van der Waals surface area contributed by atoms with E-state index in [9.17, 15) is 4.79 Å². The molecule has 0 aliphatic rings. The Bertz CT molecular complexity index is 975. The van der Waals surface area contributed by atoms with Gasteiger partial charge >= 0.3 is 5.97 Å². The third kappa shape index (κ3) is 5.73. The molecule has 0 saturated heterocycles. The zero-order valence-electron chi connectivity index (χ0n) is 14.7. The molecule has 0 bridgehead atoms. The first kappa shape index (κ1) is 20.3. The van der Waals surface area contributed by atoms with Crippen LogP contribution < -0.4 is 0 Å². The fraction of sp³-hybridized carbons (Fsp3) is 0.235. The number of allylic oxidation sites excluding steroid dienone is 1. The number of hydrogen-bond acceptors (Lipinski definition) is 6.